The number of nitrogens with zero attached hydrogens (tertiary/aromatic N) is 1. The van der Waals surface area contributed by atoms with E-state index in [1.165, 1.54) is 0 Å². The fourth-order valence-corrected chi connectivity index (χ4v) is 2.11. The van der Waals surface area contributed by atoms with Crippen LogP contribution in [0.4, 0.5) is 0 Å². The summed E-state index contributed by atoms with van der Waals surface area (Å²) in [5.74, 6) is 1.48. The number of guanidine groups is 1. The van der Waals surface area contributed by atoms with Gasteiger partial charge in [-0.25, -0.2) is 4.99 Å². The average molecular weight is 446 g/mol. The molecule has 1 aliphatic carbocycles. The first-order chi connectivity index (χ1) is 11.2. The van der Waals surface area contributed by atoms with E-state index in [1.54, 1.807) is 0 Å². The first kappa shape index (κ1) is 20.5. The third kappa shape index (κ3) is 7.37. The van der Waals surface area contributed by atoms with Crippen LogP contribution in [0.2, 0.25) is 0 Å². The number of rotatable bonds is 8. The Morgan fingerprint density at radius 2 is 2.00 bits per heavy atom. The van der Waals surface area contributed by atoms with Gasteiger partial charge in [-0.15, -0.1) is 24.0 Å². The van der Waals surface area contributed by atoms with E-state index in [0.29, 0.717) is 25.2 Å². The van der Waals surface area contributed by atoms with Crippen LogP contribution in [0, 0.1) is 0 Å². The summed E-state index contributed by atoms with van der Waals surface area (Å²) >= 11 is 0. The fourth-order valence-electron chi connectivity index (χ4n) is 2.11. The molecule has 0 saturated heterocycles. The summed E-state index contributed by atoms with van der Waals surface area (Å²) in [6, 6.07) is 8.23. The van der Waals surface area contributed by atoms with Crippen molar-refractivity contribution in [2.45, 2.75) is 39.3 Å². The second-order valence-electron chi connectivity index (χ2n) is 5.43. The Morgan fingerprint density at radius 1 is 1.25 bits per heavy atom. The zero-order chi connectivity index (χ0) is 16.5. The number of carbonyl (C=O) groups is 1. The molecule has 6 nitrogen and oxygen atoms in total. The standard InChI is InChI=1S/C17H26N4O2.HI/c1-3-18-17(20-12-16(22)21-14-9-10-14)19-11-13-7-5-6-8-15(13)23-4-2;/h5-8,14H,3-4,9-12H2,1-2H3,(H,21,22)(H2,18,19,20);1H. The number of amides is 1. The van der Waals surface area contributed by atoms with Crippen molar-refractivity contribution in [1.82, 2.24) is 16.0 Å². The molecule has 0 radical (unpaired) electrons. The van der Waals surface area contributed by atoms with Gasteiger partial charge in [0.25, 0.3) is 0 Å². The van der Waals surface area contributed by atoms with Crippen LogP contribution < -0.4 is 20.7 Å². The normalized spacial score (nSPS) is 13.7. The van der Waals surface area contributed by atoms with Gasteiger partial charge in [0.1, 0.15) is 5.75 Å². The maximum atomic E-state index is 11.7. The van der Waals surface area contributed by atoms with Crippen LogP contribution in [0.1, 0.15) is 32.3 Å². The molecule has 24 heavy (non-hydrogen) atoms. The van der Waals surface area contributed by atoms with Gasteiger partial charge in [-0.3, -0.25) is 4.79 Å². The first-order valence-corrected chi connectivity index (χ1v) is 8.25. The summed E-state index contributed by atoms with van der Waals surface area (Å²) in [6.45, 7) is 6.05. The zero-order valence-corrected chi connectivity index (χ0v) is 16.6. The number of benzene rings is 1. The number of nitrogens with one attached hydrogen (secondary N) is 3. The fraction of sp³-hybridized carbons (Fsp3) is 0.529. The highest BCUT2D eigenvalue weighted by Crippen LogP contribution is 2.19. The van der Waals surface area contributed by atoms with Crippen LogP contribution >= 0.6 is 24.0 Å². The van der Waals surface area contributed by atoms with Crippen molar-refractivity contribution in [3.05, 3.63) is 29.8 Å². The first-order valence-electron chi connectivity index (χ1n) is 8.25. The molecule has 134 valence electrons. The van der Waals surface area contributed by atoms with Gasteiger partial charge < -0.3 is 20.7 Å². The molecular weight excluding hydrogens is 419 g/mol. The van der Waals surface area contributed by atoms with Gasteiger partial charge in [-0.05, 0) is 32.8 Å². The highest BCUT2D eigenvalue weighted by Gasteiger charge is 2.22. The van der Waals surface area contributed by atoms with Crippen molar-refractivity contribution >= 4 is 35.8 Å². The lowest BCUT2D eigenvalue weighted by molar-refractivity contribution is -0.120. The molecule has 0 bridgehead atoms. The summed E-state index contributed by atoms with van der Waals surface area (Å²) in [5.41, 5.74) is 1.02. The van der Waals surface area contributed by atoms with E-state index in [1.807, 2.05) is 38.1 Å². The van der Waals surface area contributed by atoms with E-state index in [9.17, 15) is 4.79 Å². The molecule has 2 rings (SSSR count). The van der Waals surface area contributed by atoms with Crippen LogP contribution in [0.5, 0.6) is 5.75 Å². The number of ether oxygens (including phenoxy) is 1. The molecule has 1 saturated carbocycles. The van der Waals surface area contributed by atoms with Gasteiger partial charge in [-0.1, -0.05) is 18.2 Å². The van der Waals surface area contributed by atoms with Crippen LogP contribution in [-0.4, -0.2) is 37.6 Å². The minimum Gasteiger partial charge on any atom is -0.494 e. The van der Waals surface area contributed by atoms with Gasteiger partial charge in [0.2, 0.25) is 5.91 Å². The molecule has 0 unspecified atom stereocenters. The molecule has 0 atom stereocenters. The number of halogens is 1. The highest BCUT2D eigenvalue weighted by atomic mass is 127. The average Bonchev–Trinajstić information content (AvgIpc) is 3.35. The number of hydrogen-bond acceptors (Lipinski definition) is 3. The van der Waals surface area contributed by atoms with Gasteiger partial charge in [0.05, 0.1) is 19.7 Å². The SMILES string of the molecule is CCNC(=NCc1ccccc1OCC)NCC(=O)NC1CC1.I. The van der Waals surface area contributed by atoms with Crippen LogP contribution in [0.3, 0.4) is 0 Å². The Kier molecular flexibility index (Phi) is 9.51. The largest absolute Gasteiger partial charge is 0.494 e. The maximum absolute atomic E-state index is 11.7. The Hall–Kier alpha value is -1.51. The van der Waals surface area contributed by atoms with Gasteiger partial charge in [0, 0.05) is 18.2 Å². The highest BCUT2D eigenvalue weighted by molar-refractivity contribution is 14.0. The summed E-state index contributed by atoms with van der Waals surface area (Å²) in [4.78, 5) is 16.3. The number of para-hydroxylation sites is 1. The lowest BCUT2D eigenvalue weighted by Crippen LogP contribution is -2.43. The number of hydrogen-bond donors (Lipinski definition) is 3. The number of carbonyl (C=O) groups excluding carboxylic acids is 1. The van der Waals surface area contributed by atoms with E-state index >= 15 is 0 Å². The Bertz CT molecular complexity index is 547. The minimum atomic E-state index is 0. The zero-order valence-electron chi connectivity index (χ0n) is 14.3. The summed E-state index contributed by atoms with van der Waals surface area (Å²) < 4.78 is 5.60. The molecule has 0 aliphatic heterocycles. The maximum Gasteiger partial charge on any atom is 0.239 e. The molecule has 1 aromatic carbocycles. The Labute approximate surface area is 160 Å². The molecule has 3 N–H and O–H groups in total. The van der Waals surface area contributed by atoms with E-state index in [2.05, 4.69) is 20.9 Å². The minimum absolute atomic E-state index is 0. The lowest BCUT2D eigenvalue weighted by Gasteiger charge is -2.12. The molecule has 1 aliphatic rings. The third-order valence-corrected chi connectivity index (χ3v) is 3.38. The predicted octanol–water partition coefficient (Wildman–Crippen LogP) is 2.04. The molecule has 7 heteroatoms. The van der Waals surface area contributed by atoms with Crippen LogP contribution in [-0.2, 0) is 11.3 Å². The predicted molar refractivity (Wildman–Crippen MR) is 107 cm³/mol. The van der Waals surface area contributed by atoms with Crippen molar-refractivity contribution in [1.29, 1.82) is 0 Å². The van der Waals surface area contributed by atoms with E-state index in [0.717, 1.165) is 30.7 Å². The van der Waals surface area contributed by atoms with Gasteiger partial charge in [-0.2, -0.15) is 0 Å². The molecule has 0 spiro atoms. The monoisotopic (exact) mass is 446 g/mol. The topological polar surface area (TPSA) is 74.8 Å². The van der Waals surface area contributed by atoms with Crippen molar-refractivity contribution in [3.63, 3.8) is 0 Å². The van der Waals surface area contributed by atoms with Crippen molar-refractivity contribution in [3.8, 4) is 5.75 Å². The summed E-state index contributed by atoms with van der Waals surface area (Å²) in [6.07, 6.45) is 2.18. The van der Waals surface area contributed by atoms with E-state index in [-0.39, 0.29) is 36.4 Å². The van der Waals surface area contributed by atoms with Crippen molar-refractivity contribution < 1.29 is 9.53 Å². The third-order valence-electron chi connectivity index (χ3n) is 3.38. The van der Waals surface area contributed by atoms with E-state index < -0.39 is 0 Å². The second kappa shape index (κ2) is 11.1. The van der Waals surface area contributed by atoms with Gasteiger partial charge >= 0.3 is 0 Å². The molecule has 1 amide bonds. The van der Waals surface area contributed by atoms with Gasteiger partial charge in [0.15, 0.2) is 5.96 Å². The second-order valence-corrected chi connectivity index (χ2v) is 5.43. The Morgan fingerprint density at radius 3 is 2.67 bits per heavy atom. The number of aliphatic imine (C=N–C) groups is 1. The molecule has 1 fully saturated rings. The van der Waals surface area contributed by atoms with Crippen molar-refractivity contribution in [2.24, 2.45) is 4.99 Å². The molecule has 1 aromatic rings. The summed E-state index contributed by atoms with van der Waals surface area (Å²) in [7, 11) is 0. The Balaban J connectivity index is 0.00000288. The van der Waals surface area contributed by atoms with Crippen molar-refractivity contribution in [2.75, 3.05) is 19.7 Å². The molecule has 0 heterocycles. The molecular formula is C17H27IN4O2. The summed E-state index contributed by atoms with van der Waals surface area (Å²) in [5, 5.41) is 9.15. The van der Waals surface area contributed by atoms with Crippen LogP contribution in [0.15, 0.2) is 29.3 Å². The van der Waals surface area contributed by atoms with Crippen LogP contribution in [0.25, 0.3) is 0 Å². The quantitative estimate of drug-likeness (QED) is 0.325. The lowest BCUT2D eigenvalue weighted by atomic mass is 10.2. The smallest absolute Gasteiger partial charge is 0.239 e. The molecule has 0 aromatic heterocycles. The van der Waals surface area contributed by atoms with E-state index in [4.69, 9.17) is 4.74 Å².